The molecule has 3 nitrogen and oxygen atoms in total. The number of rotatable bonds is 2. The number of hydrogen-bond acceptors (Lipinski definition) is 3. The van der Waals surface area contributed by atoms with Crippen LogP contribution in [0.2, 0.25) is 0 Å². The van der Waals surface area contributed by atoms with Gasteiger partial charge in [0.1, 0.15) is 5.82 Å². The summed E-state index contributed by atoms with van der Waals surface area (Å²) in [5.74, 6) is 0.909. The molecule has 1 aliphatic rings. The number of aryl methyl sites for hydroxylation is 1. The van der Waals surface area contributed by atoms with E-state index in [0.717, 1.165) is 16.2 Å². The zero-order valence-electron chi connectivity index (χ0n) is 6.50. The van der Waals surface area contributed by atoms with Gasteiger partial charge in [-0.15, -0.1) is 5.10 Å². The van der Waals surface area contributed by atoms with E-state index < -0.39 is 0 Å². The van der Waals surface area contributed by atoms with Crippen molar-refractivity contribution in [2.24, 2.45) is 0 Å². The molecule has 1 heterocycles. The van der Waals surface area contributed by atoms with Gasteiger partial charge in [0.15, 0.2) is 0 Å². The highest BCUT2D eigenvalue weighted by Gasteiger charge is 2.20. The molecular weight excluding hydrogens is 158 g/mol. The topological polar surface area (TPSA) is 41.6 Å². The zero-order chi connectivity index (χ0) is 7.68. The van der Waals surface area contributed by atoms with Crippen molar-refractivity contribution in [3.05, 3.63) is 5.82 Å². The van der Waals surface area contributed by atoms with Gasteiger partial charge in [-0.2, -0.15) is 0 Å². The number of thioether (sulfide) groups is 1. The standard InChI is InChI=1S/C7H11N3S/c1-5-8-7(10-9-5)11-6-3-2-4-6/h6H,2-4H2,1H3,(H,8,9,10). The minimum absolute atomic E-state index is 0.783. The molecule has 0 saturated heterocycles. The van der Waals surface area contributed by atoms with Crippen LogP contribution in [0.3, 0.4) is 0 Å². The number of nitrogens with zero attached hydrogens (tertiary/aromatic N) is 2. The Bertz CT molecular complexity index is 242. The number of aromatic nitrogens is 3. The van der Waals surface area contributed by atoms with Gasteiger partial charge in [-0.3, -0.25) is 5.10 Å². The van der Waals surface area contributed by atoms with Gasteiger partial charge in [0, 0.05) is 5.25 Å². The van der Waals surface area contributed by atoms with Crippen LogP contribution in [-0.2, 0) is 0 Å². The van der Waals surface area contributed by atoms with Crippen molar-refractivity contribution >= 4 is 11.8 Å². The average Bonchev–Trinajstić information content (AvgIpc) is 2.27. The number of H-pyrrole nitrogens is 1. The van der Waals surface area contributed by atoms with E-state index in [1.165, 1.54) is 19.3 Å². The fourth-order valence-corrected chi connectivity index (χ4v) is 2.17. The van der Waals surface area contributed by atoms with Crippen LogP contribution in [0.25, 0.3) is 0 Å². The first-order chi connectivity index (χ1) is 5.34. The molecule has 0 amide bonds. The first kappa shape index (κ1) is 7.16. The molecule has 11 heavy (non-hydrogen) atoms. The largest absolute Gasteiger partial charge is 0.262 e. The Hall–Kier alpha value is -0.510. The molecule has 1 N–H and O–H groups in total. The quantitative estimate of drug-likeness (QED) is 0.733. The van der Waals surface area contributed by atoms with Crippen LogP contribution in [0.5, 0.6) is 0 Å². The Morgan fingerprint density at radius 1 is 1.55 bits per heavy atom. The lowest BCUT2D eigenvalue weighted by atomic mass is 10.0. The minimum atomic E-state index is 0.783. The number of nitrogens with one attached hydrogen (secondary N) is 1. The Morgan fingerprint density at radius 3 is 2.82 bits per heavy atom. The van der Waals surface area contributed by atoms with Crippen molar-refractivity contribution in [1.29, 1.82) is 0 Å². The van der Waals surface area contributed by atoms with E-state index in [1.807, 2.05) is 6.92 Å². The summed E-state index contributed by atoms with van der Waals surface area (Å²) in [4.78, 5) is 4.23. The van der Waals surface area contributed by atoms with Crippen molar-refractivity contribution in [2.45, 2.75) is 36.6 Å². The van der Waals surface area contributed by atoms with Crippen molar-refractivity contribution in [3.8, 4) is 0 Å². The summed E-state index contributed by atoms with van der Waals surface area (Å²) in [6, 6.07) is 0. The highest BCUT2D eigenvalue weighted by Crippen LogP contribution is 2.34. The van der Waals surface area contributed by atoms with E-state index in [-0.39, 0.29) is 0 Å². The molecule has 0 atom stereocenters. The highest BCUT2D eigenvalue weighted by molar-refractivity contribution is 7.99. The normalized spacial score (nSPS) is 18.3. The summed E-state index contributed by atoms with van der Waals surface area (Å²) in [6.45, 7) is 1.93. The lowest BCUT2D eigenvalue weighted by Crippen LogP contribution is -2.12. The Kier molecular flexibility index (Phi) is 1.85. The van der Waals surface area contributed by atoms with Gasteiger partial charge in [0.05, 0.1) is 0 Å². The summed E-state index contributed by atoms with van der Waals surface area (Å²) in [5, 5.41) is 8.60. The summed E-state index contributed by atoms with van der Waals surface area (Å²) in [7, 11) is 0. The maximum atomic E-state index is 4.23. The smallest absolute Gasteiger partial charge is 0.208 e. The van der Waals surface area contributed by atoms with Gasteiger partial charge >= 0.3 is 0 Å². The Labute approximate surface area is 70.0 Å². The molecule has 2 rings (SSSR count). The molecule has 0 spiro atoms. The predicted octanol–water partition coefficient (Wildman–Crippen LogP) is 1.76. The molecule has 1 fully saturated rings. The van der Waals surface area contributed by atoms with Gasteiger partial charge in [-0.05, 0) is 19.8 Å². The predicted molar refractivity (Wildman–Crippen MR) is 44.6 cm³/mol. The van der Waals surface area contributed by atoms with E-state index in [1.54, 1.807) is 11.8 Å². The third kappa shape index (κ3) is 1.56. The first-order valence-corrected chi connectivity index (χ1v) is 4.78. The van der Waals surface area contributed by atoms with Crippen LogP contribution >= 0.6 is 11.8 Å². The second-order valence-corrected chi connectivity index (χ2v) is 4.14. The van der Waals surface area contributed by atoms with Crippen molar-refractivity contribution < 1.29 is 0 Å². The average molecular weight is 169 g/mol. The second-order valence-electron chi connectivity index (χ2n) is 2.87. The molecule has 1 aromatic rings. The van der Waals surface area contributed by atoms with Crippen LogP contribution in [0.1, 0.15) is 25.1 Å². The highest BCUT2D eigenvalue weighted by atomic mass is 32.2. The van der Waals surface area contributed by atoms with Crippen LogP contribution in [0, 0.1) is 6.92 Å². The molecule has 0 aromatic carbocycles. The summed E-state index contributed by atoms with van der Waals surface area (Å²) >= 11 is 1.80. The third-order valence-corrected chi connectivity index (χ3v) is 3.10. The van der Waals surface area contributed by atoms with Gasteiger partial charge in [0.25, 0.3) is 0 Å². The second kappa shape index (κ2) is 2.85. The fourth-order valence-electron chi connectivity index (χ4n) is 1.01. The van der Waals surface area contributed by atoms with Crippen LogP contribution < -0.4 is 0 Å². The minimum Gasteiger partial charge on any atom is -0.262 e. The molecule has 60 valence electrons. The molecule has 0 radical (unpaired) electrons. The molecule has 1 aliphatic carbocycles. The van der Waals surface area contributed by atoms with E-state index in [0.29, 0.717) is 0 Å². The van der Waals surface area contributed by atoms with E-state index in [9.17, 15) is 0 Å². The van der Waals surface area contributed by atoms with Crippen LogP contribution in [-0.4, -0.2) is 20.4 Å². The van der Waals surface area contributed by atoms with Crippen molar-refractivity contribution in [3.63, 3.8) is 0 Å². The molecule has 0 unspecified atom stereocenters. The Morgan fingerprint density at radius 2 is 2.36 bits per heavy atom. The van der Waals surface area contributed by atoms with Gasteiger partial charge < -0.3 is 0 Å². The van der Waals surface area contributed by atoms with Gasteiger partial charge in [-0.1, -0.05) is 18.2 Å². The molecule has 1 saturated carbocycles. The van der Waals surface area contributed by atoms with Crippen molar-refractivity contribution in [2.75, 3.05) is 0 Å². The molecular formula is C7H11N3S. The summed E-state index contributed by atoms with van der Waals surface area (Å²) < 4.78 is 0. The van der Waals surface area contributed by atoms with E-state index in [2.05, 4.69) is 15.2 Å². The summed E-state index contributed by atoms with van der Waals surface area (Å²) in [6.07, 6.45) is 4.04. The lowest BCUT2D eigenvalue weighted by molar-refractivity contribution is 0.521. The van der Waals surface area contributed by atoms with Crippen LogP contribution in [0.15, 0.2) is 5.16 Å². The fraction of sp³-hybridized carbons (Fsp3) is 0.714. The van der Waals surface area contributed by atoms with Crippen LogP contribution in [0.4, 0.5) is 0 Å². The molecule has 0 aliphatic heterocycles. The van der Waals surface area contributed by atoms with Gasteiger partial charge in [0.2, 0.25) is 5.16 Å². The monoisotopic (exact) mass is 169 g/mol. The molecule has 0 bridgehead atoms. The molecule has 1 aromatic heterocycles. The maximum absolute atomic E-state index is 4.23. The Balaban J connectivity index is 1.95. The number of aromatic amines is 1. The van der Waals surface area contributed by atoms with E-state index in [4.69, 9.17) is 0 Å². The third-order valence-electron chi connectivity index (χ3n) is 1.90. The lowest BCUT2D eigenvalue weighted by Gasteiger charge is -2.22. The van der Waals surface area contributed by atoms with Crippen molar-refractivity contribution in [1.82, 2.24) is 15.2 Å². The SMILES string of the molecule is Cc1nc(SC2CCC2)n[nH]1. The summed E-state index contributed by atoms with van der Waals surface area (Å²) in [5.41, 5.74) is 0. The molecule has 4 heteroatoms. The number of hydrogen-bond donors (Lipinski definition) is 1. The zero-order valence-corrected chi connectivity index (χ0v) is 7.32. The van der Waals surface area contributed by atoms with Gasteiger partial charge in [-0.25, -0.2) is 4.98 Å². The van der Waals surface area contributed by atoms with E-state index >= 15 is 0 Å². The first-order valence-electron chi connectivity index (χ1n) is 3.90. The maximum Gasteiger partial charge on any atom is 0.208 e.